The SMILES string of the molecule is CN1CCO[C@@H](C(=O)N2CCC[C@H](n3nccc3C(F)(F)F)C2)C1. The summed E-state index contributed by atoms with van der Waals surface area (Å²) in [4.78, 5) is 16.2. The number of aromatic nitrogens is 2. The van der Waals surface area contributed by atoms with E-state index in [-0.39, 0.29) is 12.5 Å². The number of morpholine rings is 1. The fourth-order valence-electron chi connectivity index (χ4n) is 3.32. The summed E-state index contributed by atoms with van der Waals surface area (Å²) in [6, 6.07) is 0.510. The molecule has 1 amide bonds. The molecular weight excluding hydrogens is 325 g/mol. The Bertz CT molecular complexity index is 590. The van der Waals surface area contributed by atoms with E-state index in [0.29, 0.717) is 32.5 Å². The molecule has 134 valence electrons. The fourth-order valence-corrected chi connectivity index (χ4v) is 3.32. The molecule has 0 radical (unpaired) electrons. The van der Waals surface area contributed by atoms with Gasteiger partial charge >= 0.3 is 6.18 Å². The van der Waals surface area contributed by atoms with Crippen LogP contribution in [0.3, 0.4) is 0 Å². The Labute approximate surface area is 138 Å². The molecule has 0 saturated carbocycles. The minimum atomic E-state index is -4.45. The van der Waals surface area contributed by atoms with Crippen molar-refractivity contribution in [1.29, 1.82) is 0 Å². The van der Waals surface area contributed by atoms with Gasteiger partial charge in [0, 0.05) is 32.4 Å². The van der Waals surface area contributed by atoms with Crippen molar-refractivity contribution in [2.75, 3.05) is 39.8 Å². The Balaban J connectivity index is 1.71. The monoisotopic (exact) mass is 346 g/mol. The van der Waals surface area contributed by atoms with Gasteiger partial charge in [0.2, 0.25) is 0 Å². The van der Waals surface area contributed by atoms with Crippen molar-refractivity contribution in [3.63, 3.8) is 0 Å². The van der Waals surface area contributed by atoms with Crippen molar-refractivity contribution in [2.45, 2.75) is 31.2 Å². The van der Waals surface area contributed by atoms with E-state index in [1.165, 1.54) is 0 Å². The van der Waals surface area contributed by atoms with Crippen LogP contribution in [0.25, 0.3) is 0 Å². The third-order valence-electron chi connectivity index (χ3n) is 4.56. The smallest absolute Gasteiger partial charge is 0.366 e. The number of carbonyl (C=O) groups is 1. The van der Waals surface area contributed by atoms with Gasteiger partial charge in [-0.05, 0) is 26.0 Å². The number of ether oxygens (including phenoxy) is 1. The number of nitrogens with zero attached hydrogens (tertiary/aromatic N) is 4. The Morgan fingerprint density at radius 3 is 2.83 bits per heavy atom. The number of carbonyl (C=O) groups excluding carboxylic acids is 1. The van der Waals surface area contributed by atoms with Crippen LogP contribution in [0.1, 0.15) is 24.6 Å². The lowest BCUT2D eigenvalue weighted by Gasteiger charge is -2.37. The molecule has 9 heteroatoms. The zero-order valence-corrected chi connectivity index (χ0v) is 13.5. The van der Waals surface area contributed by atoms with Crippen molar-refractivity contribution >= 4 is 5.91 Å². The maximum Gasteiger partial charge on any atom is 0.433 e. The van der Waals surface area contributed by atoms with Crippen LogP contribution in [0.15, 0.2) is 12.3 Å². The highest BCUT2D eigenvalue weighted by molar-refractivity contribution is 5.81. The van der Waals surface area contributed by atoms with E-state index in [0.717, 1.165) is 23.5 Å². The van der Waals surface area contributed by atoms with Crippen LogP contribution in [0, 0.1) is 0 Å². The molecule has 0 aliphatic carbocycles. The second kappa shape index (κ2) is 6.72. The zero-order chi connectivity index (χ0) is 17.3. The lowest BCUT2D eigenvalue weighted by molar-refractivity contribution is -0.151. The number of likely N-dealkylation sites (N-methyl/N-ethyl adjacent to an activating group) is 1. The number of rotatable bonds is 2. The van der Waals surface area contributed by atoms with Gasteiger partial charge in [-0.1, -0.05) is 0 Å². The van der Waals surface area contributed by atoms with Gasteiger partial charge in [-0.15, -0.1) is 0 Å². The number of likely N-dealkylation sites (tertiary alicyclic amines) is 1. The van der Waals surface area contributed by atoms with E-state index in [1.54, 1.807) is 4.90 Å². The maximum atomic E-state index is 13.1. The second-order valence-corrected chi connectivity index (χ2v) is 6.36. The van der Waals surface area contributed by atoms with Crippen LogP contribution >= 0.6 is 0 Å². The number of piperidine rings is 1. The molecule has 3 heterocycles. The second-order valence-electron chi connectivity index (χ2n) is 6.36. The molecule has 0 aromatic carbocycles. The number of halogens is 3. The summed E-state index contributed by atoms with van der Waals surface area (Å²) >= 11 is 0. The summed E-state index contributed by atoms with van der Waals surface area (Å²) in [6.07, 6.45) is -2.61. The van der Waals surface area contributed by atoms with E-state index in [9.17, 15) is 18.0 Å². The van der Waals surface area contributed by atoms with Gasteiger partial charge in [-0.25, -0.2) is 0 Å². The fraction of sp³-hybridized carbons (Fsp3) is 0.733. The first-order valence-electron chi connectivity index (χ1n) is 8.06. The summed E-state index contributed by atoms with van der Waals surface area (Å²) in [5.41, 5.74) is -0.768. The summed E-state index contributed by atoms with van der Waals surface area (Å²) < 4.78 is 45.7. The first-order valence-corrected chi connectivity index (χ1v) is 8.06. The lowest BCUT2D eigenvalue weighted by Crippen LogP contribution is -2.52. The normalized spacial score (nSPS) is 26.6. The quantitative estimate of drug-likeness (QED) is 0.812. The third kappa shape index (κ3) is 3.56. The van der Waals surface area contributed by atoms with Gasteiger partial charge in [0.15, 0.2) is 0 Å². The maximum absolute atomic E-state index is 13.1. The average Bonchev–Trinajstić information content (AvgIpc) is 3.04. The molecule has 2 saturated heterocycles. The molecular formula is C15H21F3N4O2. The molecule has 6 nitrogen and oxygen atoms in total. The molecule has 2 fully saturated rings. The van der Waals surface area contributed by atoms with Crippen LogP contribution in [0.2, 0.25) is 0 Å². The van der Waals surface area contributed by atoms with Crippen molar-refractivity contribution in [3.05, 3.63) is 18.0 Å². The highest BCUT2D eigenvalue weighted by Crippen LogP contribution is 2.33. The summed E-state index contributed by atoms with van der Waals surface area (Å²) in [5, 5.41) is 3.84. The average molecular weight is 346 g/mol. The van der Waals surface area contributed by atoms with Crippen LogP contribution in [-0.4, -0.2) is 71.4 Å². The van der Waals surface area contributed by atoms with Crippen molar-refractivity contribution in [2.24, 2.45) is 0 Å². The molecule has 0 spiro atoms. The first kappa shape index (κ1) is 17.2. The van der Waals surface area contributed by atoms with E-state index in [2.05, 4.69) is 5.10 Å². The molecule has 2 aliphatic rings. The summed E-state index contributed by atoms with van der Waals surface area (Å²) in [5.74, 6) is -0.146. The number of hydrogen-bond donors (Lipinski definition) is 0. The minimum absolute atomic E-state index is 0.146. The molecule has 2 aliphatic heterocycles. The van der Waals surface area contributed by atoms with Gasteiger partial charge in [0.1, 0.15) is 11.8 Å². The lowest BCUT2D eigenvalue weighted by atomic mass is 10.0. The van der Waals surface area contributed by atoms with Crippen molar-refractivity contribution in [3.8, 4) is 0 Å². The molecule has 24 heavy (non-hydrogen) atoms. The van der Waals surface area contributed by atoms with Crippen molar-refractivity contribution < 1.29 is 22.7 Å². The molecule has 3 rings (SSSR count). The Morgan fingerprint density at radius 2 is 2.12 bits per heavy atom. The Hall–Kier alpha value is -1.61. The zero-order valence-electron chi connectivity index (χ0n) is 13.5. The summed E-state index contributed by atoms with van der Waals surface area (Å²) in [7, 11) is 1.92. The van der Waals surface area contributed by atoms with Gasteiger partial charge in [-0.3, -0.25) is 9.48 Å². The Kier molecular flexibility index (Phi) is 4.82. The van der Waals surface area contributed by atoms with Crippen LogP contribution in [0.4, 0.5) is 13.2 Å². The topological polar surface area (TPSA) is 50.6 Å². The molecule has 0 bridgehead atoms. The van der Waals surface area contributed by atoms with Gasteiger partial charge in [0.05, 0.1) is 12.6 Å². The van der Waals surface area contributed by atoms with Crippen LogP contribution in [-0.2, 0) is 15.7 Å². The third-order valence-corrected chi connectivity index (χ3v) is 4.56. The van der Waals surface area contributed by atoms with E-state index >= 15 is 0 Å². The molecule has 1 aromatic heterocycles. The molecule has 1 aromatic rings. The number of alkyl halides is 3. The number of hydrogen-bond acceptors (Lipinski definition) is 4. The predicted molar refractivity (Wildman–Crippen MR) is 79.3 cm³/mol. The first-order chi connectivity index (χ1) is 11.4. The highest BCUT2D eigenvalue weighted by Gasteiger charge is 2.38. The molecule has 0 N–H and O–H groups in total. The van der Waals surface area contributed by atoms with E-state index in [1.807, 2.05) is 11.9 Å². The Morgan fingerprint density at radius 1 is 1.33 bits per heavy atom. The van der Waals surface area contributed by atoms with Crippen LogP contribution < -0.4 is 0 Å². The van der Waals surface area contributed by atoms with Crippen molar-refractivity contribution in [1.82, 2.24) is 19.6 Å². The summed E-state index contributed by atoms with van der Waals surface area (Å²) in [6.45, 7) is 2.54. The van der Waals surface area contributed by atoms with Gasteiger partial charge < -0.3 is 14.5 Å². The van der Waals surface area contributed by atoms with Crippen LogP contribution in [0.5, 0.6) is 0 Å². The van der Waals surface area contributed by atoms with E-state index < -0.39 is 24.0 Å². The minimum Gasteiger partial charge on any atom is -0.366 e. The van der Waals surface area contributed by atoms with Gasteiger partial charge in [0.25, 0.3) is 5.91 Å². The molecule has 2 atom stereocenters. The highest BCUT2D eigenvalue weighted by atomic mass is 19.4. The molecule has 0 unspecified atom stereocenters. The largest absolute Gasteiger partial charge is 0.433 e. The van der Waals surface area contributed by atoms with E-state index in [4.69, 9.17) is 4.74 Å². The van der Waals surface area contributed by atoms with Gasteiger partial charge in [-0.2, -0.15) is 18.3 Å². The predicted octanol–water partition coefficient (Wildman–Crippen LogP) is 1.40. The number of amides is 1. The standard InChI is InChI=1S/C15H21F3N4O2/c1-20-7-8-24-12(10-20)14(23)21-6-2-3-11(9-21)22-13(4-5-19-22)15(16,17)18/h4-5,11-12H,2-3,6-10H2,1H3/t11-,12+/m0/s1.